The van der Waals surface area contributed by atoms with Gasteiger partial charge < -0.3 is 14.4 Å². The lowest BCUT2D eigenvalue weighted by Gasteiger charge is -2.11. The zero-order chi connectivity index (χ0) is 18.5. The average Bonchev–Trinajstić information content (AvgIpc) is 2.65. The van der Waals surface area contributed by atoms with Gasteiger partial charge in [0.05, 0.1) is 17.6 Å². The second-order valence-electron chi connectivity index (χ2n) is 5.68. The molecule has 2 aromatic carbocycles. The summed E-state index contributed by atoms with van der Waals surface area (Å²) in [7, 11) is 0. The predicted molar refractivity (Wildman–Crippen MR) is 99.6 cm³/mol. The Bertz CT molecular complexity index is 1020. The highest BCUT2D eigenvalue weighted by Crippen LogP contribution is 2.15. The summed E-state index contributed by atoms with van der Waals surface area (Å²) < 4.78 is 6.45. The van der Waals surface area contributed by atoms with Gasteiger partial charge in [-0.2, -0.15) is 0 Å². The largest absolute Gasteiger partial charge is 0.507 e. The number of aromatic nitrogens is 2. The number of aliphatic hydroxyl groups excluding tert-OH is 1. The smallest absolute Gasteiger partial charge is 0.302 e. The van der Waals surface area contributed by atoms with E-state index in [4.69, 9.17) is 4.74 Å². The average molecular weight is 350 g/mol. The SMILES string of the molecule is CC(=O)OCCn1c(=O)c(/C=C(\O)c2ccccc2)nc2ccccc21. The Morgan fingerprint density at radius 1 is 1.15 bits per heavy atom. The number of para-hydroxylation sites is 2. The molecule has 132 valence electrons. The van der Waals surface area contributed by atoms with Gasteiger partial charge in [-0.3, -0.25) is 9.59 Å². The summed E-state index contributed by atoms with van der Waals surface area (Å²) in [5.74, 6) is -0.449. The lowest BCUT2D eigenvalue weighted by atomic mass is 10.1. The molecule has 0 amide bonds. The van der Waals surface area contributed by atoms with Crippen molar-refractivity contribution in [2.24, 2.45) is 0 Å². The second kappa shape index (κ2) is 7.65. The second-order valence-corrected chi connectivity index (χ2v) is 5.68. The lowest BCUT2D eigenvalue weighted by Crippen LogP contribution is -2.26. The van der Waals surface area contributed by atoms with Crippen LogP contribution in [0.15, 0.2) is 59.4 Å². The fourth-order valence-corrected chi connectivity index (χ4v) is 2.63. The maximum absolute atomic E-state index is 12.8. The highest BCUT2D eigenvalue weighted by atomic mass is 16.5. The molecule has 0 unspecified atom stereocenters. The van der Waals surface area contributed by atoms with E-state index in [0.29, 0.717) is 16.6 Å². The fraction of sp³-hybridized carbons (Fsp3) is 0.150. The molecule has 3 rings (SSSR count). The van der Waals surface area contributed by atoms with Crippen LogP contribution in [0.5, 0.6) is 0 Å². The maximum Gasteiger partial charge on any atom is 0.302 e. The minimum atomic E-state index is -0.404. The number of carbonyl (C=O) groups is 1. The number of hydrogen-bond donors (Lipinski definition) is 1. The summed E-state index contributed by atoms with van der Waals surface area (Å²) in [6.45, 7) is 1.60. The molecule has 1 N–H and O–H groups in total. The molecule has 1 aromatic heterocycles. The van der Waals surface area contributed by atoms with Crippen LogP contribution in [-0.4, -0.2) is 27.2 Å². The Kier molecular flexibility index (Phi) is 5.12. The Hall–Kier alpha value is -3.41. The van der Waals surface area contributed by atoms with Gasteiger partial charge in [0.15, 0.2) is 0 Å². The number of esters is 1. The molecule has 1 heterocycles. The summed E-state index contributed by atoms with van der Waals surface area (Å²) >= 11 is 0. The number of nitrogens with zero attached hydrogens (tertiary/aromatic N) is 2. The van der Waals surface area contributed by atoms with Gasteiger partial charge in [-0.15, -0.1) is 0 Å². The summed E-state index contributed by atoms with van der Waals surface area (Å²) in [5, 5.41) is 10.3. The number of fused-ring (bicyclic) bond motifs is 1. The zero-order valence-corrected chi connectivity index (χ0v) is 14.3. The van der Waals surface area contributed by atoms with Crippen LogP contribution in [0, 0.1) is 0 Å². The molecule has 0 aliphatic carbocycles. The Balaban J connectivity index is 2.07. The number of benzene rings is 2. The molecule has 3 aromatic rings. The van der Waals surface area contributed by atoms with Crippen LogP contribution in [0.3, 0.4) is 0 Å². The van der Waals surface area contributed by atoms with Gasteiger partial charge in [0.25, 0.3) is 5.56 Å². The van der Waals surface area contributed by atoms with E-state index in [1.807, 2.05) is 18.2 Å². The molecule has 0 spiro atoms. The van der Waals surface area contributed by atoms with E-state index in [1.165, 1.54) is 17.6 Å². The molecule has 0 atom stereocenters. The summed E-state index contributed by atoms with van der Waals surface area (Å²) in [4.78, 5) is 28.2. The first-order chi connectivity index (χ1) is 12.6. The van der Waals surface area contributed by atoms with Crippen molar-refractivity contribution in [1.29, 1.82) is 0 Å². The number of ether oxygens (including phenoxy) is 1. The molecule has 0 radical (unpaired) electrons. The molecular formula is C20H18N2O4. The van der Waals surface area contributed by atoms with Crippen LogP contribution in [-0.2, 0) is 16.1 Å². The van der Waals surface area contributed by atoms with E-state index in [-0.39, 0.29) is 30.2 Å². The van der Waals surface area contributed by atoms with Crippen LogP contribution in [0.1, 0.15) is 18.2 Å². The Morgan fingerprint density at radius 3 is 2.58 bits per heavy atom. The molecule has 6 nitrogen and oxygen atoms in total. The van der Waals surface area contributed by atoms with Crippen LogP contribution < -0.4 is 5.56 Å². The van der Waals surface area contributed by atoms with Crippen LogP contribution in [0.2, 0.25) is 0 Å². The molecular weight excluding hydrogens is 332 g/mol. The summed E-state index contributed by atoms with van der Waals surface area (Å²) in [5.41, 5.74) is 1.60. The van der Waals surface area contributed by atoms with Crippen molar-refractivity contribution in [3.63, 3.8) is 0 Å². The minimum Gasteiger partial charge on any atom is -0.507 e. The Labute approximate surface area is 150 Å². The molecule has 0 bridgehead atoms. The quantitative estimate of drug-likeness (QED) is 0.565. The number of hydrogen-bond acceptors (Lipinski definition) is 5. The molecule has 0 saturated carbocycles. The van der Waals surface area contributed by atoms with E-state index in [2.05, 4.69) is 4.98 Å². The molecule has 6 heteroatoms. The normalized spacial score (nSPS) is 11.5. The first-order valence-corrected chi connectivity index (χ1v) is 8.15. The van der Waals surface area contributed by atoms with Crippen molar-refractivity contribution in [1.82, 2.24) is 9.55 Å². The van der Waals surface area contributed by atoms with Crippen molar-refractivity contribution in [2.75, 3.05) is 6.61 Å². The van der Waals surface area contributed by atoms with E-state index >= 15 is 0 Å². The van der Waals surface area contributed by atoms with Gasteiger partial charge in [-0.05, 0) is 12.1 Å². The van der Waals surface area contributed by atoms with Crippen LogP contribution in [0.4, 0.5) is 0 Å². The van der Waals surface area contributed by atoms with Gasteiger partial charge in [0, 0.05) is 18.6 Å². The van der Waals surface area contributed by atoms with E-state index in [0.717, 1.165) is 0 Å². The van der Waals surface area contributed by atoms with E-state index in [9.17, 15) is 14.7 Å². The lowest BCUT2D eigenvalue weighted by molar-refractivity contribution is -0.141. The van der Waals surface area contributed by atoms with Gasteiger partial charge in [0.1, 0.15) is 18.1 Å². The number of aliphatic hydroxyl groups is 1. The molecule has 0 aliphatic rings. The first kappa shape index (κ1) is 17.4. The maximum atomic E-state index is 12.8. The zero-order valence-electron chi connectivity index (χ0n) is 14.3. The first-order valence-electron chi connectivity index (χ1n) is 8.15. The van der Waals surface area contributed by atoms with Gasteiger partial charge in [-0.25, -0.2) is 4.98 Å². The van der Waals surface area contributed by atoms with Crippen molar-refractivity contribution in [3.05, 3.63) is 76.2 Å². The van der Waals surface area contributed by atoms with Gasteiger partial charge >= 0.3 is 5.97 Å². The van der Waals surface area contributed by atoms with Gasteiger partial charge in [-0.1, -0.05) is 42.5 Å². The standard InChI is InChI=1S/C20H18N2O4/c1-14(23)26-12-11-22-18-10-6-5-9-16(18)21-17(20(22)25)13-19(24)15-7-3-2-4-8-15/h2-10,13,24H,11-12H2,1H3/b19-13-. The highest BCUT2D eigenvalue weighted by Gasteiger charge is 2.11. The van der Waals surface area contributed by atoms with Crippen molar-refractivity contribution >= 4 is 28.8 Å². The molecule has 0 fully saturated rings. The Morgan fingerprint density at radius 2 is 1.85 bits per heavy atom. The monoisotopic (exact) mass is 350 g/mol. The highest BCUT2D eigenvalue weighted by molar-refractivity contribution is 5.79. The minimum absolute atomic E-state index is 0.0444. The third-order valence-corrected chi connectivity index (χ3v) is 3.84. The number of carbonyl (C=O) groups excluding carboxylic acids is 1. The van der Waals surface area contributed by atoms with E-state index < -0.39 is 5.97 Å². The van der Waals surface area contributed by atoms with Crippen molar-refractivity contribution < 1.29 is 14.6 Å². The topological polar surface area (TPSA) is 81.4 Å². The fourth-order valence-electron chi connectivity index (χ4n) is 2.63. The molecule has 0 aliphatic heterocycles. The van der Waals surface area contributed by atoms with Crippen molar-refractivity contribution in [2.45, 2.75) is 13.5 Å². The third kappa shape index (κ3) is 3.80. The predicted octanol–water partition coefficient (Wildman–Crippen LogP) is 3.02. The van der Waals surface area contributed by atoms with Crippen molar-refractivity contribution in [3.8, 4) is 0 Å². The molecule has 26 heavy (non-hydrogen) atoms. The number of rotatable bonds is 5. The molecule has 0 saturated heterocycles. The van der Waals surface area contributed by atoms with Crippen LogP contribution in [0.25, 0.3) is 22.9 Å². The summed E-state index contributed by atoms with van der Waals surface area (Å²) in [6.07, 6.45) is 1.35. The van der Waals surface area contributed by atoms with Crippen LogP contribution >= 0.6 is 0 Å². The summed E-state index contributed by atoms with van der Waals surface area (Å²) in [6, 6.07) is 16.1. The van der Waals surface area contributed by atoms with Gasteiger partial charge in [0.2, 0.25) is 0 Å². The third-order valence-electron chi connectivity index (χ3n) is 3.84. The van der Waals surface area contributed by atoms with E-state index in [1.54, 1.807) is 36.4 Å².